The molecule has 1 amide bonds. The number of carbonyl (C=O) groups is 1. The lowest BCUT2D eigenvalue weighted by atomic mass is 10.1. The van der Waals surface area contributed by atoms with Crippen molar-refractivity contribution in [3.8, 4) is 6.07 Å². The number of nitriles is 1. The maximum atomic E-state index is 12.2. The first-order chi connectivity index (χ1) is 10.1. The topological polar surface area (TPSA) is 56.1 Å². The summed E-state index contributed by atoms with van der Waals surface area (Å²) in [7, 11) is 0. The Balaban J connectivity index is 2.09. The number of anilines is 1. The van der Waals surface area contributed by atoms with Gasteiger partial charge in [0.15, 0.2) is 0 Å². The van der Waals surface area contributed by atoms with Gasteiger partial charge in [0, 0.05) is 24.3 Å². The fraction of sp³-hybridized carbons (Fsp3) is 0.333. The van der Waals surface area contributed by atoms with Gasteiger partial charge in [0.1, 0.15) is 11.6 Å². The lowest BCUT2D eigenvalue weighted by Gasteiger charge is -2.26. The molecule has 0 radical (unpaired) electrons. The molecular formula is C15H15Cl2N3O. The molecule has 0 unspecified atom stereocenters. The number of nitrogens with zero attached hydrogens (tertiary/aromatic N) is 2. The van der Waals surface area contributed by atoms with Crippen molar-refractivity contribution in [2.45, 2.75) is 19.3 Å². The predicted octanol–water partition coefficient (Wildman–Crippen LogP) is 3.83. The molecule has 0 bridgehead atoms. The van der Waals surface area contributed by atoms with Gasteiger partial charge >= 0.3 is 0 Å². The second-order valence-corrected chi connectivity index (χ2v) is 5.63. The molecule has 1 saturated heterocycles. The molecule has 0 aromatic heterocycles. The highest BCUT2D eigenvalue weighted by Gasteiger charge is 2.20. The van der Waals surface area contributed by atoms with E-state index in [0.717, 1.165) is 19.3 Å². The van der Waals surface area contributed by atoms with Gasteiger partial charge in [-0.25, -0.2) is 0 Å². The number of piperidine rings is 1. The minimum atomic E-state index is -0.241. The van der Waals surface area contributed by atoms with Crippen molar-refractivity contribution < 1.29 is 4.79 Å². The Kier molecular flexibility index (Phi) is 5.49. The van der Waals surface area contributed by atoms with Crippen LogP contribution >= 0.6 is 23.2 Å². The fourth-order valence-corrected chi connectivity index (χ4v) is 2.63. The van der Waals surface area contributed by atoms with Crippen molar-refractivity contribution in [1.29, 1.82) is 5.26 Å². The van der Waals surface area contributed by atoms with Crippen LogP contribution in [-0.2, 0) is 4.79 Å². The molecule has 0 atom stereocenters. The Hall–Kier alpha value is -1.70. The van der Waals surface area contributed by atoms with Gasteiger partial charge in [-0.15, -0.1) is 0 Å². The molecule has 1 aromatic rings. The largest absolute Gasteiger partial charge is 0.359 e. The first kappa shape index (κ1) is 15.7. The van der Waals surface area contributed by atoms with Gasteiger partial charge in [-0.3, -0.25) is 4.79 Å². The number of hydrogen-bond acceptors (Lipinski definition) is 3. The summed E-state index contributed by atoms with van der Waals surface area (Å²) in [6, 6.07) is 6.91. The third kappa shape index (κ3) is 4.13. The van der Waals surface area contributed by atoms with Crippen LogP contribution in [0, 0.1) is 11.3 Å². The molecule has 1 fully saturated rings. The quantitative estimate of drug-likeness (QED) is 0.679. The third-order valence-corrected chi connectivity index (χ3v) is 3.85. The van der Waals surface area contributed by atoms with Crippen LogP contribution in [0.5, 0.6) is 0 Å². The van der Waals surface area contributed by atoms with Crippen molar-refractivity contribution in [1.82, 2.24) is 4.90 Å². The van der Waals surface area contributed by atoms with Crippen LogP contribution in [0.3, 0.4) is 0 Å². The van der Waals surface area contributed by atoms with E-state index in [-0.39, 0.29) is 11.5 Å². The van der Waals surface area contributed by atoms with E-state index in [1.165, 1.54) is 6.20 Å². The molecule has 2 rings (SSSR count). The lowest BCUT2D eigenvalue weighted by Crippen LogP contribution is -2.36. The van der Waals surface area contributed by atoms with E-state index in [4.69, 9.17) is 28.5 Å². The van der Waals surface area contributed by atoms with Gasteiger partial charge in [-0.1, -0.05) is 23.2 Å². The number of amides is 1. The fourth-order valence-electron chi connectivity index (χ4n) is 2.17. The zero-order valence-corrected chi connectivity index (χ0v) is 12.9. The van der Waals surface area contributed by atoms with E-state index in [1.54, 1.807) is 23.1 Å². The first-order valence-electron chi connectivity index (χ1n) is 6.73. The number of nitrogens with one attached hydrogen (secondary N) is 1. The molecule has 0 saturated carbocycles. The third-order valence-electron chi connectivity index (χ3n) is 3.30. The second-order valence-electron chi connectivity index (χ2n) is 4.79. The maximum absolute atomic E-state index is 12.2. The van der Waals surface area contributed by atoms with E-state index >= 15 is 0 Å². The van der Waals surface area contributed by atoms with Crippen molar-refractivity contribution in [3.63, 3.8) is 0 Å². The zero-order valence-electron chi connectivity index (χ0n) is 11.4. The average Bonchev–Trinajstić information content (AvgIpc) is 2.50. The molecule has 1 aromatic carbocycles. The molecule has 0 aliphatic carbocycles. The van der Waals surface area contributed by atoms with Crippen LogP contribution in [0.4, 0.5) is 5.69 Å². The van der Waals surface area contributed by atoms with Gasteiger partial charge in [0.2, 0.25) is 0 Å². The molecule has 1 aliphatic rings. The van der Waals surface area contributed by atoms with Gasteiger partial charge in [-0.2, -0.15) is 5.26 Å². The summed E-state index contributed by atoms with van der Waals surface area (Å²) in [6.45, 7) is 1.42. The molecule has 1 aliphatic heterocycles. The second kappa shape index (κ2) is 7.35. The summed E-state index contributed by atoms with van der Waals surface area (Å²) < 4.78 is 0. The van der Waals surface area contributed by atoms with E-state index in [2.05, 4.69) is 5.32 Å². The number of halogens is 2. The predicted molar refractivity (Wildman–Crippen MR) is 84.2 cm³/mol. The van der Waals surface area contributed by atoms with Crippen LogP contribution < -0.4 is 5.32 Å². The molecule has 0 spiro atoms. The minimum absolute atomic E-state index is 0.0721. The molecular weight excluding hydrogens is 309 g/mol. The van der Waals surface area contributed by atoms with E-state index in [1.807, 2.05) is 6.07 Å². The molecule has 21 heavy (non-hydrogen) atoms. The highest BCUT2D eigenvalue weighted by molar-refractivity contribution is 6.36. The normalized spacial score (nSPS) is 15.5. The smallest absolute Gasteiger partial charge is 0.266 e. The zero-order chi connectivity index (χ0) is 15.2. The van der Waals surface area contributed by atoms with Gasteiger partial charge in [0.25, 0.3) is 5.91 Å². The van der Waals surface area contributed by atoms with E-state index in [0.29, 0.717) is 28.8 Å². The standard InChI is InChI=1S/C15H15Cl2N3O/c16-12-4-5-14(13(17)8-12)19-10-11(9-18)15(21)20-6-2-1-3-7-20/h4-5,8,10,19H,1-3,6-7H2/b11-10-. The van der Waals surface area contributed by atoms with Crippen LogP contribution in [0.15, 0.2) is 30.0 Å². The van der Waals surface area contributed by atoms with Crippen molar-refractivity contribution in [3.05, 3.63) is 40.0 Å². The van der Waals surface area contributed by atoms with Crippen LogP contribution in [-0.4, -0.2) is 23.9 Å². The van der Waals surface area contributed by atoms with Gasteiger partial charge in [-0.05, 0) is 37.5 Å². The molecule has 1 N–H and O–H groups in total. The average molecular weight is 324 g/mol. The summed E-state index contributed by atoms with van der Waals surface area (Å²) in [6.07, 6.45) is 4.50. The monoisotopic (exact) mass is 323 g/mol. The number of likely N-dealkylation sites (tertiary alicyclic amines) is 1. The number of rotatable bonds is 3. The van der Waals surface area contributed by atoms with Crippen molar-refractivity contribution in [2.24, 2.45) is 0 Å². The van der Waals surface area contributed by atoms with Crippen molar-refractivity contribution >= 4 is 34.8 Å². The molecule has 1 heterocycles. The maximum Gasteiger partial charge on any atom is 0.266 e. The Morgan fingerprint density at radius 3 is 2.62 bits per heavy atom. The first-order valence-corrected chi connectivity index (χ1v) is 7.48. The van der Waals surface area contributed by atoms with Crippen LogP contribution in [0.25, 0.3) is 0 Å². The molecule has 110 valence electrons. The highest BCUT2D eigenvalue weighted by atomic mass is 35.5. The Bertz CT molecular complexity index is 601. The van der Waals surface area contributed by atoms with Gasteiger partial charge < -0.3 is 10.2 Å². The van der Waals surface area contributed by atoms with E-state index in [9.17, 15) is 4.79 Å². The summed E-state index contributed by atoms with van der Waals surface area (Å²) in [5.41, 5.74) is 0.670. The van der Waals surface area contributed by atoms with Crippen LogP contribution in [0.1, 0.15) is 19.3 Å². The summed E-state index contributed by atoms with van der Waals surface area (Å²) in [5.74, 6) is -0.241. The molecule has 4 nitrogen and oxygen atoms in total. The summed E-state index contributed by atoms with van der Waals surface area (Å²) in [5, 5.41) is 13.0. The van der Waals surface area contributed by atoms with Crippen LogP contribution in [0.2, 0.25) is 10.0 Å². The van der Waals surface area contributed by atoms with Crippen molar-refractivity contribution in [2.75, 3.05) is 18.4 Å². The Labute approximate surface area is 133 Å². The summed E-state index contributed by atoms with van der Waals surface area (Å²) >= 11 is 11.8. The molecule has 6 heteroatoms. The van der Waals surface area contributed by atoms with E-state index < -0.39 is 0 Å². The number of benzene rings is 1. The number of hydrogen-bond donors (Lipinski definition) is 1. The Morgan fingerprint density at radius 2 is 2.00 bits per heavy atom. The summed E-state index contributed by atoms with van der Waals surface area (Å²) in [4.78, 5) is 13.9. The highest BCUT2D eigenvalue weighted by Crippen LogP contribution is 2.25. The minimum Gasteiger partial charge on any atom is -0.359 e. The van der Waals surface area contributed by atoms with Gasteiger partial charge in [0.05, 0.1) is 10.7 Å². The SMILES string of the molecule is N#C/C(=C/Nc1ccc(Cl)cc1Cl)C(=O)N1CCCCC1. The lowest BCUT2D eigenvalue weighted by molar-refractivity contribution is -0.127. The number of carbonyl (C=O) groups excluding carboxylic acids is 1. The Morgan fingerprint density at radius 1 is 1.29 bits per heavy atom.